The van der Waals surface area contributed by atoms with Crippen molar-refractivity contribution in [2.45, 2.75) is 18.4 Å². The van der Waals surface area contributed by atoms with Gasteiger partial charge in [-0.2, -0.15) is 0 Å². The number of carbonyl (C=O) groups is 1. The Balaban J connectivity index is 1.48. The SMILES string of the molecule is C[C@](CO)(c1ccccc1)N(C(=O)OCC1c2ccccc2-c2ccccc21)c1ccccc1. The summed E-state index contributed by atoms with van der Waals surface area (Å²) in [5.41, 5.74) is 5.19. The lowest BCUT2D eigenvalue weighted by molar-refractivity contribution is 0.130. The van der Waals surface area contributed by atoms with Crippen LogP contribution in [-0.4, -0.2) is 24.4 Å². The van der Waals surface area contributed by atoms with E-state index in [0.717, 1.165) is 16.7 Å². The van der Waals surface area contributed by atoms with Crippen molar-refractivity contribution >= 4 is 11.8 Å². The summed E-state index contributed by atoms with van der Waals surface area (Å²) in [6, 6.07) is 35.5. The number of anilines is 1. The second-order valence-electron chi connectivity index (χ2n) is 8.77. The number of amides is 1. The molecule has 1 atom stereocenters. The molecular formula is C30H27NO3. The van der Waals surface area contributed by atoms with Gasteiger partial charge in [-0.05, 0) is 46.9 Å². The van der Waals surface area contributed by atoms with Crippen LogP contribution in [0, 0.1) is 0 Å². The lowest BCUT2D eigenvalue weighted by atomic mass is 9.90. The lowest BCUT2D eigenvalue weighted by Gasteiger charge is -2.40. The number of ether oxygens (including phenoxy) is 1. The molecule has 0 spiro atoms. The summed E-state index contributed by atoms with van der Waals surface area (Å²) >= 11 is 0. The Bertz CT molecular complexity index is 1240. The topological polar surface area (TPSA) is 49.8 Å². The van der Waals surface area contributed by atoms with Crippen molar-refractivity contribution in [2.75, 3.05) is 18.1 Å². The number of benzene rings is 4. The van der Waals surface area contributed by atoms with Crippen LogP contribution in [0.5, 0.6) is 0 Å². The first-order chi connectivity index (χ1) is 16.6. The minimum Gasteiger partial charge on any atom is -0.448 e. The number of nitrogens with zero attached hydrogens (tertiary/aromatic N) is 1. The molecule has 1 aliphatic rings. The van der Waals surface area contributed by atoms with Crippen molar-refractivity contribution in [1.29, 1.82) is 0 Å². The van der Waals surface area contributed by atoms with Gasteiger partial charge in [0.2, 0.25) is 0 Å². The maximum atomic E-state index is 13.7. The highest BCUT2D eigenvalue weighted by atomic mass is 16.6. The summed E-state index contributed by atoms with van der Waals surface area (Å²) in [6.07, 6.45) is -0.492. The van der Waals surface area contributed by atoms with Crippen LogP contribution in [0.1, 0.15) is 29.5 Å². The van der Waals surface area contributed by atoms with E-state index in [1.54, 1.807) is 4.90 Å². The monoisotopic (exact) mass is 449 g/mol. The zero-order chi connectivity index (χ0) is 23.5. The Labute approximate surface area is 200 Å². The third-order valence-corrected chi connectivity index (χ3v) is 6.73. The molecule has 0 aromatic heterocycles. The molecule has 0 aliphatic heterocycles. The molecule has 5 rings (SSSR count). The van der Waals surface area contributed by atoms with Crippen LogP contribution in [-0.2, 0) is 10.3 Å². The van der Waals surface area contributed by atoms with Gasteiger partial charge in [0.25, 0.3) is 0 Å². The number of carbonyl (C=O) groups excluding carboxylic acids is 1. The number of rotatable bonds is 6. The van der Waals surface area contributed by atoms with Crippen molar-refractivity contribution < 1.29 is 14.6 Å². The largest absolute Gasteiger partial charge is 0.448 e. The minimum absolute atomic E-state index is 0.0360. The summed E-state index contributed by atoms with van der Waals surface area (Å²) in [5.74, 6) is -0.0360. The van der Waals surface area contributed by atoms with E-state index in [1.807, 2.05) is 91.9 Å². The third kappa shape index (κ3) is 3.76. The molecular weight excluding hydrogens is 422 g/mol. The molecule has 0 heterocycles. The van der Waals surface area contributed by atoms with E-state index in [9.17, 15) is 9.90 Å². The summed E-state index contributed by atoms with van der Waals surface area (Å²) in [7, 11) is 0. The highest BCUT2D eigenvalue weighted by molar-refractivity contribution is 5.90. The lowest BCUT2D eigenvalue weighted by Crippen LogP contribution is -2.51. The van der Waals surface area contributed by atoms with Crippen LogP contribution in [0.25, 0.3) is 11.1 Å². The van der Waals surface area contributed by atoms with Gasteiger partial charge in [0.05, 0.1) is 12.1 Å². The van der Waals surface area contributed by atoms with Crippen LogP contribution >= 0.6 is 0 Å². The normalized spacial score (nSPS) is 14.1. The van der Waals surface area contributed by atoms with Gasteiger partial charge >= 0.3 is 6.09 Å². The van der Waals surface area contributed by atoms with Crippen LogP contribution in [0.4, 0.5) is 10.5 Å². The molecule has 0 saturated carbocycles. The van der Waals surface area contributed by atoms with E-state index in [-0.39, 0.29) is 19.1 Å². The second-order valence-corrected chi connectivity index (χ2v) is 8.77. The van der Waals surface area contributed by atoms with Crippen molar-refractivity contribution in [1.82, 2.24) is 0 Å². The van der Waals surface area contributed by atoms with Gasteiger partial charge in [0.1, 0.15) is 6.61 Å². The fourth-order valence-electron chi connectivity index (χ4n) is 4.92. The zero-order valence-corrected chi connectivity index (χ0v) is 19.1. The molecule has 1 aliphatic carbocycles. The molecule has 0 radical (unpaired) electrons. The quantitative estimate of drug-likeness (QED) is 0.373. The predicted molar refractivity (Wildman–Crippen MR) is 135 cm³/mol. The molecule has 170 valence electrons. The van der Waals surface area contributed by atoms with Gasteiger partial charge in [0, 0.05) is 11.6 Å². The summed E-state index contributed by atoms with van der Waals surface area (Å²) in [5, 5.41) is 10.5. The number of aliphatic hydroxyl groups excluding tert-OH is 1. The van der Waals surface area contributed by atoms with E-state index in [4.69, 9.17) is 4.74 Å². The predicted octanol–water partition coefficient (Wildman–Crippen LogP) is 6.35. The van der Waals surface area contributed by atoms with Gasteiger partial charge in [-0.1, -0.05) is 97.1 Å². The van der Waals surface area contributed by atoms with Crippen LogP contribution < -0.4 is 4.90 Å². The second kappa shape index (κ2) is 9.16. The van der Waals surface area contributed by atoms with Crippen molar-refractivity contribution in [3.8, 4) is 11.1 Å². The highest BCUT2D eigenvalue weighted by Crippen LogP contribution is 2.44. The third-order valence-electron chi connectivity index (χ3n) is 6.73. The number of fused-ring (bicyclic) bond motifs is 3. The first-order valence-corrected chi connectivity index (χ1v) is 11.5. The smallest absolute Gasteiger partial charge is 0.415 e. The van der Waals surface area contributed by atoms with Gasteiger partial charge in [-0.3, -0.25) is 4.90 Å². The highest BCUT2D eigenvalue weighted by Gasteiger charge is 2.39. The van der Waals surface area contributed by atoms with Crippen molar-refractivity contribution in [3.63, 3.8) is 0 Å². The molecule has 1 N–H and O–H groups in total. The fourth-order valence-corrected chi connectivity index (χ4v) is 4.92. The van der Waals surface area contributed by atoms with E-state index in [0.29, 0.717) is 5.69 Å². The molecule has 0 fully saturated rings. The summed E-state index contributed by atoms with van der Waals surface area (Å²) in [6.45, 7) is 1.82. The van der Waals surface area contributed by atoms with E-state index in [2.05, 4.69) is 24.3 Å². The van der Waals surface area contributed by atoms with Gasteiger partial charge in [0.15, 0.2) is 0 Å². The maximum Gasteiger partial charge on any atom is 0.415 e. The summed E-state index contributed by atoms with van der Waals surface area (Å²) < 4.78 is 6.00. The molecule has 4 nitrogen and oxygen atoms in total. The molecule has 4 heteroatoms. The Morgan fingerprint density at radius 2 is 1.29 bits per heavy atom. The van der Waals surface area contributed by atoms with Crippen molar-refractivity contribution in [3.05, 3.63) is 126 Å². The van der Waals surface area contributed by atoms with Gasteiger partial charge in [-0.15, -0.1) is 0 Å². The Hall–Kier alpha value is -3.89. The van der Waals surface area contributed by atoms with Crippen molar-refractivity contribution in [2.24, 2.45) is 0 Å². The first-order valence-electron chi connectivity index (χ1n) is 11.5. The van der Waals surface area contributed by atoms with Gasteiger partial charge in [-0.25, -0.2) is 4.79 Å². The fraction of sp³-hybridized carbons (Fsp3) is 0.167. The first kappa shape index (κ1) is 21.9. The minimum atomic E-state index is -0.995. The van der Waals surface area contributed by atoms with E-state index >= 15 is 0 Å². The number of hydrogen-bond acceptors (Lipinski definition) is 3. The zero-order valence-electron chi connectivity index (χ0n) is 19.1. The molecule has 4 aromatic rings. The molecule has 34 heavy (non-hydrogen) atoms. The number of hydrogen-bond donors (Lipinski definition) is 1. The molecule has 4 aromatic carbocycles. The number of para-hydroxylation sites is 1. The van der Waals surface area contributed by atoms with E-state index < -0.39 is 11.6 Å². The molecule has 1 amide bonds. The standard InChI is InChI=1S/C30H27NO3/c1-30(21-32,22-12-4-2-5-13-22)31(23-14-6-3-7-15-23)29(33)34-20-28-26-18-10-8-16-24(26)25-17-9-11-19-27(25)28/h2-19,28,32H,20-21H2,1H3/t30-/m0/s1. The average molecular weight is 450 g/mol. The van der Waals surface area contributed by atoms with Gasteiger partial charge < -0.3 is 9.84 Å². The number of aliphatic hydroxyl groups is 1. The van der Waals surface area contributed by atoms with E-state index in [1.165, 1.54) is 11.1 Å². The Morgan fingerprint density at radius 1 is 0.794 bits per heavy atom. The average Bonchev–Trinajstić information content (AvgIpc) is 3.22. The maximum absolute atomic E-state index is 13.7. The molecule has 0 bridgehead atoms. The Kier molecular flexibility index (Phi) is 5.91. The van der Waals surface area contributed by atoms with Crippen LogP contribution in [0.3, 0.4) is 0 Å². The van der Waals surface area contributed by atoms with Crippen LogP contribution in [0.15, 0.2) is 109 Å². The molecule has 0 saturated heterocycles. The molecule has 0 unspecified atom stereocenters. The Morgan fingerprint density at radius 3 is 1.85 bits per heavy atom. The van der Waals surface area contributed by atoms with Crippen LogP contribution in [0.2, 0.25) is 0 Å². The summed E-state index contributed by atoms with van der Waals surface area (Å²) in [4.78, 5) is 15.3.